The highest BCUT2D eigenvalue weighted by molar-refractivity contribution is 5.76. The van der Waals surface area contributed by atoms with Crippen molar-refractivity contribution in [1.29, 1.82) is 0 Å². The van der Waals surface area contributed by atoms with Crippen LogP contribution in [0.15, 0.2) is 0 Å². The van der Waals surface area contributed by atoms with E-state index in [0.717, 1.165) is 25.9 Å². The van der Waals surface area contributed by atoms with E-state index in [1.54, 1.807) is 0 Å². The first kappa shape index (κ1) is 17.7. The molecule has 1 aliphatic heterocycles. The molecule has 1 heterocycles. The number of nitrogens with one attached hydrogen (secondary N) is 1. The summed E-state index contributed by atoms with van der Waals surface area (Å²) in [6.07, 6.45) is 7.31. The Kier molecular flexibility index (Phi) is 7.63. The Labute approximate surface area is 134 Å². The van der Waals surface area contributed by atoms with Gasteiger partial charge in [0, 0.05) is 38.7 Å². The Morgan fingerprint density at radius 2 is 1.95 bits per heavy atom. The van der Waals surface area contributed by atoms with Crippen LogP contribution in [0.5, 0.6) is 0 Å². The fourth-order valence-electron chi connectivity index (χ4n) is 3.63. The van der Waals surface area contributed by atoms with Crippen molar-refractivity contribution >= 4 is 5.91 Å². The summed E-state index contributed by atoms with van der Waals surface area (Å²) in [6, 6.07) is 0.314. The molecule has 2 aliphatic rings. The van der Waals surface area contributed by atoms with E-state index in [2.05, 4.69) is 10.2 Å². The van der Waals surface area contributed by atoms with Gasteiger partial charge in [-0.25, -0.2) is 0 Å². The van der Waals surface area contributed by atoms with Crippen LogP contribution in [0.25, 0.3) is 0 Å². The molecular formula is C17H32N2O3. The number of carbonyl (C=O) groups excluding carboxylic acids is 1. The third-order valence-electron chi connectivity index (χ3n) is 4.88. The molecule has 2 fully saturated rings. The van der Waals surface area contributed by atoms with Gasteiger partial charge in [0.1, 0.15) is 0 Å². The molecule has 1 saturated carbocycles. The maximum atomic E-state index is 12.1. The third-order valence-corrected chi connectivity index (χ3v) is 4.88. The molecule has 1 aliphatic carbocycles. The van der Waals surface area contributed by atoms with Gasteiger partial charge in [-0.2, -0.15) is 0 Å². The molecule has 0 spiro atoms. The second-order valence-corrected chi connectivity index (χ2v) is 6.81. The van der Waals surface area contributed by atoms with Crippen molar-refractivity contribution in [3.8, 4) is 0 Å². The predicted octanol–water partition coefficient (Wildman–Crippen LogP) is 1.54. The molecule has 1 saturated heterocycles. The molecule has 128 valence electrons. The standard InChI is InChI=1S/C17H32N2O3/c1-2-22-13-16(20)12-19-9-7-15(8-10-19)18-17(21)11-14-5-3-4-6-14/h14-16,20H,2-13H2,1H3,(H,18,21). The average Bonchev–Trinajstić information content (AvgIpc) is 3.00. The Morgan fingerprint density at radius 1 is 1.27 bits per heavy atom. The van der Waals surface area contributed by atoms with Crippen molar-refractivity contribution in [2.45, 2.75) is 64.0 Å². The maximum absolute atomic E-state index is 12.1. The molecule has 1 unspecified atom stereocenters. The van der Waals surface area contributed by atoms with E-state index in [0.29, 0.717) is 38.1 Å². The van der Waals surface area contributed by atoms with Gasteiger partial charge < -0.3 is 20.1 Å². The number of carbonyl (C=O) groups is 1. The lowest BCUT2D eigenvalue weighted by molar-refractivity contribution is -0.123. The van der Waals surface area contributed by atoms with Gasteiger partial charge in [-0.1, -0.05) is 12.8 Å². The van der Waals surface area contributed by atoms with Crippen LogP contribution in [0, 0.1) is 5.92 Å². The first-order valence-corrected chi connectivity index (χ1v) is 8.95. The van der Waals surface area contributed by atoms with E-state index in [1.807, 2.05) is 6.92 Å². The minimum Gasteiger partial charge on any atom is -0.389 e. The molecular weight excluding hydrogens is 280 g/mol. The number of likely N-dealkylation sites (tertiary alicyclic amines) is 1. The van der Waals surface area contributed by atoms with E-state index in [-0.39, 0.29) is 5.91 Å². The second-order valence-electron chi connectivity index (χ2n) is 6.81. The molecule has 5 heteroatoms. The zero-order chi connectivity index (χ0) is 15.8. The number of amides is 1. The smallest absolute Gasteiger partial charge is 0.220 e. The first-order valence-electron chi connectivity index (χ1n) is 8.95. The summed E-state index contributed by atoms with van der Waals surface area (Å²) in [4.78, 5) is 14.3. The molecule has 0 aromatic heterocycles. The SMILES string of the molecule is CCOCC(O)CN1CCC(NC(=O)CC2CCCC2)CC1. The Balaban J connectivity index is 1.59. The lowest BCUT2D eigenvalue weighted by atomic mass is 10.0. The molecule has 0 radical (unpaired) electrons. The largest absolute Gasteiger partial charge is 0.389 e. The monoisotopic (exact) mass is 312 g/mol. The molecule has 1 amide bonds. The minimum atomic E-state index is -0.409. The Bertz CT molecular complexity index is 324. The van der Waals surface area contributed by atoms with Gasteiger partial charge in [0.15, 0.2) is 0 Å². The lowest BCUT2D eigenvalue weighted by Gasteiger charge is -2.33. The van der Waals surface area contributed by atoms with E-state index < -0.39 is 6.10 Å². The van der Waals surface area contributed by atoms with Crippen LogP contribution >= 0.6 is 0 Å². The van der Waals surface area contributed by atoms with Gasteiger partial charge in [0.2, 0.25) is 5.91 Å². The normalized spacial score (nSPS) is 22.8. The zero-order valence-corrected chi connectivity index (χ0v) is 13.9. The Hall–Kier alpha value is -0.650. The maximum Gasteiger partial charge on any atom is 0.220 e. The highest BCUT2D eigenvalue weighted by Crippen LogP contribution is 2.27. The molecule has 1 atom stereocenters. The Morgan fingerprint density at radius 3 is 2.59 bits per heavy atom. The van der Waals surface area contributed by atoms with Gasteiger partial charge in [-0.15, -0.1) is 0 Å². The summed E-state index contributed by atoms with van der Waals surface area (Å²) >= 11 is 0. The number of rotatable bonds is 8. The van der Waals surface area contributed by atoms with E-state index in [1.165, 1.54) is 25.7 Å². The number of hydrogen-bond donors (Lipinski definition) is 2. The van der Waals surface area contributed by atoms with Gasteiger partial charge in [0.25, 0.3) is 0 Å². The topological polar surface area (TPSA) is 61.8 Å². The first-order chi connectivity index (χ1) is 10.7. The average molecular weight is 312 g/mol. The summed E-state index contributed by atoms with van der Waals surface area (Å²) < 4.78 is 5.24. The number of β-amino-alcohol motifs (C(OH)–C–C–N with tert-alkyl or cyclic N) is 1. The van der Waals surface area contributed by atoms with E-state index >= 15 is 0 Å². The van der Waals surface area contributed by atoms with Crippen LogP contribution in [0.4, 0.5) is 0 Å². The summed E-state index contributed by atoms with van der Waals surface area (Å²) in [7, 11) is 0. The zero-order valence-electron chi connectivity index (χ0n) is 13.9. The van der Waals surface area contributed by atoms with Gasteiger partial charge in [-0.05, 0) is 38.5 Å². The molecule has 2 N–H and O–H groups in total. The van der Waals surface area contributed by atoms with Gasteiger partial charge in [0.05, 0.1) is 12.7 Å². The van der Waals surface area contributed by atoms with Crippen molar-refractivity contribution < 1.29 is 14.6 Å². The molecule has 0 aromatic carbocycles. The van der Waals surface area contributed by atoms with Crippen molar-refractivity contribution in [2.24, 2.45) is 5.92 Å². The van der Waals surface area contributed by atoms with Crippen LogP contribution in [0.3, 0.4) is 0 Å². The summed E-state index contributed by atoms with van der Waals surface area (Å²) in [5, 5.41) is 13.1. The molecule has 0 bridgehead atoms. The van der Waals surface area contributed by atoms with E-state index in [9.17, 15) is 9.90 Å². The number of ether oxygens (including phenoxy) is 1. The van der Waals surface area contributed by atoms with E-state index in [4.69, 9.17) is 4.74 Å². The van der Waals surface area contributed by atoms with Crippen molar-refractivity contribution in [2.75, 3.05) is 32.8 Å². The number of aliphatic hydroxyl groups is 1. The van der Waals surface area contributed by atoms with Crippen molar-refractivity contribution in [1.82, 2.24) is 10.2 Å². The second kappa shape index (κ2) is 9.48. The molecule has 22 heavy (non-hydrogen) atoms. The highest BCUT2D eigenvalue weighted by Gasteiger charge is 2.24. The molecule has 5 nitrogen and oxygen atoms in total. The van der Waals surface area contributed by atoms with Crippen molar-refractivity contribution in [3.63, 3.8) is 0 Å². The molecule has 2 rings (SSSR count). The summed E-state index contributed by atoms with van der Waals surface area (Å²) in [5.74, 6) is 0.857. The quantitative estimate of drug-likeness (QED) is 0.714. The lowest BCUT2D eigenvalue weighted by Crippen LogP contribution is -2.47. The fraction of sp³-hybridized carbons (Fsp3) is 0.941. The summed E-state index contributed by atoms with van der Waals surface area (Å²) in [5.41, 5.74) is 0. The minimum absolute atomic E-state index is 0.238. The number of piperidine rings is 1. The van der Waals surface area contributed by atoms with Crippen LogP contribution in [0.1, 0.15) is 51.9 Å². The van der Waals surface area contributed by atoms with Crippen LogP contribution in [-0.4, -0.2) is 60.9 Å². The third kappa shape index (κ3) is 6.23. The number of aliphatic hydroxyl groups excluding tert-OH is 1. The van der Waals surface area contributed by atoms with Crippen molar-refractivity contribution in [3.05, 3.63) is 0 Å². The van der Waals surface area contributed by atoms with Gasteiger partial charge in [-0.3, -0.25) is 4.79 Å². The van der Waals surface area contributed by atoms with Crippen LogP contribution in [-0.2, 0) is 9.53 Å². The fourth-order valence-corrected chi connectivity index (χ4v) is 3.63. The highest BCUT2D eigenvalue weighted by atomic mass is 16.5. The predicted molar refractivity (Wildman–Crippen MR) is 86.7 cm³/mol. The number of hydrogen-bond acceptors (Lipinski definition) is 4. The van der Waals surface area contributed by atoms with Crippen LogP contribution < -0.4 is 5.32 Å². The van der Waals surface area contributed by atoms with Crippen LogP contribution in [0.2, 0.25) is 0 Å². The van der Waals surface area contributed by atoms with Gasteiger partial charge >= 0.3 is 0 Å². The molecule has 0 aromatic rings. The summed E-state index contributed by atoms with van der Waals surface area (Å²) in [6.45, 7) is 5.55. The number of nitrogens with zero attached hydrogens (tertiary/aromatic N) is 1.